The predicted octanol–water partition coefficient (Wildman–Crippen LogP) is 0.923. The fourth-order valence-electron chi connectivity index (χ4n) is 3.24. The highest BCUT2D eigenvalue weighted by Gasteiger charge is 2.30. The van der Waals surface area contributed by atoms with Crippen LogP contribution in [0.15, 0.2) is 11.0 Å². The quantitative estimate of drug-likeness (QED) is 0.777. The number of rotatable bonds is 7. The maximum Gasteiger partial charge on any atom is 0.323 e. The molecule has 1 atom stereocenters. The molecule has 126 valence electrons. The van der Waals surface area contributed by atoms with Gasteiger partial charge in [-0.05, 0) is 45.1 Å². The molecule has 0 spiro atoms. The fourth-order valence-corrected chi connectivity index (χ4v) is 3.24. The van der Waals surface area contributed by atoms with Crippen molar-refractivity contribution in [3.63, 3.8) is 0 Å². The lowest BCUT2D eigenvalue weighted by atomic mass is 10.2. The second kappa shape index (κ2) is 6.70. The highest BCUT2D eigenvalue weighted by Crippen LogP contribution is 2.32. The van der Waals surface area contributed by atoms with Crippen molar-refractivity contribution in [3.8, 4) is 0 Å². The molecule has 1 saturated carbocycles. The van der Waals surface area contributed by atoms with Gasteiger partial charge in [-0.15, -0.1) is 0 Å². The molecule has 0 aromatic carbocycles. The maximum absolute atomic E-state index is 12.4. The minimum atomic E-state index is -1.03. The Bertz CT molecular complexity index is 639. The van der Waals surface area contributed by atoms with Gasteiger partial charge < -0.3 is 10.4 Å². The Morgan fingerprint density at radius 1 is 1.43 bits per heavy atom. The first-order valence-electron chi connectivity index (χ1n) is 8.30. The van der Waals surface area contributed by atoms with E-state index in [-0.39, 0.29) is 17.9 Å². The van der Waals surface area contributed by atoms with E-state index in [9.17, 15) is 9.59 Å². The van der Waals surface area contributed by atoms with Crippen LogP contribution in [0.4, 0.5) is 5.82 Å². The largest absolute Gasteiger partial charge is 0.480 e. The van der Waals surface area contributed by atoms with Gasteiger partial charge in [0, 0.05) is 31.0 Å². The van der Waals surface area contributed by atoms with Gasteiger partial charge in [0.25, 0.3) is 5.56 Å². The summed E-state index contributed by atoms with van der Waals surface area (Å²) in [6.45, 7) is 4.34. The van der Waals surface area contributed by atoms with Crippen molar-refractivity contribution in [1.29, 1.82) is 0 Å². The molecular weight excluding hydrogens is 296 g/mol. The fraction of sp³-hybridized carbons (Fsp3) is 0.688. The minimum absolute atomic E-state index is 0.245. The molecule has 0 bridgehead atoms. The van der Waals surface area contributed by atoms with E-state index < -0.39 is 5.97 Å². The van der Waals surface area contributed by atoms with E-state index in [1.807, 2.05) is 0 Å². The Labute approximate surface area is 135 Å². The summed E-state index contributed by atoms with van der Waals surface area (Å²) in [6, 6.07) is 0.436. The molecule has 2 aliphatic rings. The molecule has 7 heteroatoms. The van der Waals surface area contributed by atoms with Gasteiger partial charge in [-0.25, -0.2) is 4.98 Å². The van der Waals surface area contributed by atoms with E-state index in [1.54, 1.807) is 13.1 Å². The number of hydrogen-bond acceptors (Lipinski definition) is 5. The van der Waals surface area contributed by atoms with Crippen molar-refractivity contribution in [1.82, 2.24) is 14.5 Å². The average Bonchev–Trinajstić information content (AvgIpc) is 3.21. The third-order valence-electron chi connectivity index (χ3n) is 4.74. The van der Waals surface area contributed by atoms with Crippen molar-refractivity contribution in [2.75, 3.05) is 25.0 Å². The molecule has 0 radical (unpaired) electrons. The maximum atomic E-state index is 12.4. The van der Waals surface area contributed by atoms with Gasteiger partial charge >= 0.3 is 5.97 Å². The Morgan fingerprint density at radius 2 is 2.22 bits per heavy atom. The minimum Gasteiger partial charge on any atom is -0.480 e. The lowest BCUT2D eigenvalue weighted by molar-refractivity contribution is -0.137. The molecule has 7 nitrogen and oxygen atoms in total. The second-order valence-electron chi connectivity index (χ2n) is 6.65. The zero-order valence-electron chi connectivity index (χ0n) is 13.5. The molecule has 1 aromatic heterocycles. The molecule has 2 heterocycles. The first-order chi connectivity index (χ1) is 11.0. The first kappa shape index (κ1) is 16.0. The summed E-state index contributed by atoms with van der Waals surface area (Å²) >= 11 is 0. The zero-order valence-corrected chi connectivity index (χ0v) is 13.5. The van der Waals surface area contributed by atoms with E-state index in [2.05, 4.69) is 15.2 Å². The number of carboxylic acid groups (broad SMARTS) is 1. The van der Waals surface area contributed by atoms with Crippen molar-refractivity contribution < 1.29 is 9.90 Å². The SMILES string of the molecule is Cc1cnc(NC[C@H]2CCCN2CC2CC2)c(=O)n1CC(=O)O. The number of aromatic nitrogens is 2. The summed E-state index contributed by atoms with van der Waals surface area (Å²) in [5.74, 6) is 0.0785. The molecule has 3 rings (SSSR count). The molecule has 0 unspecified atom stereocenters. The summed E-state index contributed by atoms with van der Waals surface area (Å²) < 4.78 is 1.24. The standard InChI is InChI=1S/C16H24N4O3/c1-11-7-17-15(16(23)20(11)10-14(21)22)18-8-13-3-2-6-19(13)9-12-4-5-12/h7,12-13H,2-6,8-10H2,1H3,(H,17,18)(H,21,22)/t13-/m1/s1. The number of carbonyl (C=O) groups is 1. The van der Waals surface area contributed by atoms with Crippen molar-refractivity contribution in [3.05, 3.63) is 22.2 Å². The first-order valence-corrected chi connectivity index (χ1v) is 8.30. The number of likely N-dealkylation sites (tertiary alicyclic amines) is 1. The number of carboxylic acids is 1. The van der Waals surface area contributed by atoms with Crippen LogP contribution in [0.1, 0.15) is 31.4 Å². The molecule has 1 aliphatic carbocycles. The lowest BCUT2D eigenvalue weighted by Crippen LogP contribution is -2.38. The van der Waals surface area contributed by atoms with E-state index in [1.165, 1.54) is 23.8 Å². The molecule has 1 aromatic rings. The van der Waals surface area contributed by atoms with E-state index >= 15 is 0 Å². The highest BCUT2D eigenvalue weighted by molar-refractivity contribution is 5.66. The van der Waals surface area contributed by atoms with Gasteiger partial charge in [0.05, 0.1) is 0 Å². The number of hydrogen-bond donors (Lipinski definition) is 2. The number of anilines is 1. The van der Waals surface area contributed by atoms with E-state index in [4.69, 9.17) is 5.11 Å². The number of aryl methyl sites for hydroxylation is 1. The van der Waals surface area contributed by atoms with Crippen LogP contribution in [-0.2, 0) is 11.3 Å². The van der Waals surface area contributed by atoms with E-state index in [0.717, 1.165) is 25.4 Å². The number of nitrogens with zero attached hydrogens (tertiary/aromatic N) is 3. The van der Waals surface area contributed by atoms with Crippen LogP contribution >= 0.6 is 0 Å². The summed E-state index contributed by atoms with van der Waals surface area (Å²) in [5, 5.41) is 12.1. The molecule has 0 amide bonds. The van der Waals surface area contributed by atoms with Gasteiger partial charge in [0.15, 0.2) is 5.82 Å². The monoisotopic (exact) mass is 320 g/mol. The number of aliphatic carboxylic acids is 1. The molecule has 23 heavy (non-hydrogen) atoms. The topological polar surface area (TPSA) is 87.5 Å². The third kappa shape index (κ3) is 3.90. The van der Waals surface area contributed by atoms with Crippen LogP contribution in [0.25, 0.3) is 0 Å². The summed E-state index contributed by atoms with van der Waals surface area (Å²) in [4.78, 5) is 29.9. The Hall–Kier alpha value is -1.89. The third-order valence-corrected chi connectivity index (χ3v) is 4.74. The van der Waals surface area contributed by atoms with Gasteiger partial charge in [-0.1, -0.05) is 0 Å². The molecule has 1 aliphatic heterocycles. The molecular formula is C16H24N4O3. The predicted molar refractivity (Wildman–Crippen MR) is 86.7 cm³/mol. The normalized spacial score (nSPS) is 21.5. The number of nitrogens with one attached hydrogen (secondary N) is 1. The average molecular weight is 320 g/mol. The molecule has 2 fully saturated rings. The van der Waals surface area contributed by atoms with Gasteiger partial charge in [-0.2, -0.15) is 0 Å². The van der Waals surface area contributed by atoms with Crippen molar-refractivity contribution >= 4 is 11.8 Å². The van der Waals surface area contributed by atoms with Crippen LogP contribution in [0.3, 0.4) is 0 Å². The second-order valence-corrected chi connectivity index (χ2v) is 6.65. The Morgan fingerprint density at radius 3 is 2.91 bits per heavy atom. The van der Waals surface area contributed by atoms with Gasteiger partial charge in [-0.3, -0.25) is 19.1 Å². The van der Waals surface area contributed by atoms with Crippen LogP contribution in [-0.4, -0.2) is 51.2 Å². The summed E-state index contributed by atoms with van der Waals surface area (Å²) in [5.41, 5.74) is 0.193. The van der Waals surface area contributed by atoms with Crippen LogP contribution in [0.2, 0.25) is 0 Å². The highest BCUT2D eigenvalue weighted by atomic mass is 16.4. The summed E-state index contributed by atoms with van der Waals surface area (Å²) in [6.07, 6.45) is 6.56. The van der Waals surface area contributed by atoms with Gasteiger partial charge in [0.1, 0.15) is 6.54 Å². The van der Waals surface area contributed by atoms with Gasteiger partial charge in [0.2, 0.25) is 0 Å². The van der Waals surface area contributed by atoms with E-state index in [0.29, 0.717) is 18.3 Å². The van der Waals surface area contributed by atoms with Crippen LogP contribution in [0, 0.1) is 12.8 Å². The van der Waals surface area contributed by atoms with Crippen molar-refractivity contribution in [2.24, 2.45) is 5.92 Å². The van der Waals surface area contributed by atoms with Crippen LogP contribution < -0.4 is 10.9 Å². The van der Waals surface area contributed by atoms with Crippen LogP contribution in [0.5, 0.6) is 0 Å². The van der Waals surface area contributed by atoms with Crippen molar-refractivity contribution in [2.45, 2.75) is 45.2 Å². The lowest BCUT2D eigenvalue weighted by Gasteiger charge is -2.24. The smallest absolute Gasteiger partial charge is 0.323 e. The Kier molecular flexibility index (Phi) is 4.66. The molecule has 2 N–H and O–H groups in total. The summed E-state index contributed by atoms with van der Waals surface area (Å²) in [7, 11) is 0. The molecule has 1 saturated heterocycles. The zero-order chi connectivity index (χ0) is 16.4. The Balaban J connectivity index is 1.65.